The lowest BCUT2D eigenvalue weighted by Crippen LogP contribution is -2.50. The van der Waals surface area contributed by atoms with Crippen LogP contribution in [0.5, 0.6) is 0 Å². The van der Waals surface area contributed by atoms with Crippen molar-refractivity contribution in [3.05, 3.63) is 30.1 Å². The summed E-state index contributed by atoms with van der Waals surface area (Å²) in [7, 11) is 5.92. The van der Waals surface area contributed by atoms with Gasteiger partial charge in [0.1, 0.15) is 6.61 Å². The third kappa shape index (κ3) is 4.06. The van der Waals surface area contributed by atoms with Gasteiger partial charge in [-0.3, -0.25) is 4.98 Å². The summed E-state index contributed by atoms with van der Waals surface area (Å²) in [5.41, 5.74) is 1.71. The number of hydrogen-bond acceptors (Lipinski definition) is 5. The molecule has 0 radical (unpaired) electrons. The van der Waals surface area contributed by atoms with Crippen molar-refractivity contribution in [1.82, 2.24) is 15.2 Å². The lowest BCUT2D eigenvalue weighted by atomic mass is 9.68. The third-order valence-electron chi connectivity index (χ3n) is 4.28. The van der Waals surface area contributed by atoms with Crippen molar-refractivity contribution in [2.75, 3.05) is 34.3 Å². The Labute approximate surface area is 144 Å². The molecule has 1 N–H and O–H groups in total. The fourth-order valence-corrected chi connectivity index (χ4v) is 3.36. The van der Waals surface area contributed by atoms with E-state index < -0.39 is 5.41 Å². The number of rotatable bonds is 6. The van der Waals surface area contributed by atoms with Crippen molar-refractivity contribution in [3.8, 4) is 0 Å². The van der Waals surface area contributed by atoms with Gasteiger partial charge in [-0.2, -0.15) is 0 Å². The molecule has 23 heavy (non-hydrogen) atoms. The summed E-state index contributed by atoms with van der Waals surface area (Å²) < 4.78 is 0. The Morgan fingerprint density at radius 1 is 1.48 bits per heavy atom. The lowest BCUT2D eigenvalue weighted by Gasteiger charge is -2.38. The van der Waals surface area contributed by atoms with Gasteiger partial charge in [-0.25, -0.2) is 0 Å². The van der Waals surface area contributed by atoms with Gasteiger partial charge >= 0.3 is 0 Å². The zero-order valence-corrected chi connectivity index (χ0v) is 15.0. The van der Waals surface area contributed by atoms with Crippen LogP contribution in [0.25, 0.3) is 0 Å². The molecular formula is C17H26N4OS. The van der Waals surface area contributed by atoms with Crippen LogP contribution >= 0.6 is 12.2 Å². The van der Waals surface area contributed by atoms with E-state index in [4.69, 9.17) is 17.1 Å². The number of pyridine rings is 1. The molecule has 1 atom stereocenters. The van der Waals surface area contributed by atoms with Gasteiger partial charge in [0.05, 0.1) is 16.1 Å². The molecule has 126 valence electrons. The molecule has 1 unspecified atom stereocenters. The third-order valence-corrected chi connectivity index (χ3v) is 4.83. The summed E-state index contributed by atoms with van der Waals surface area (Å²) >= 11 is 5.68. The quantitative estimate of drug-likeness (QED) is 0.492. The van der Waals surface area contributed by atoms with Gasteiger partial charge in [0.15, 0.2) is 0 Å². The number of aromatic nitrogens is 1. The normalized spacial score (nSPS) is 23.0. The van der Waals surface area contributed by atoms with Crippen LogP contribution < -0.4 is 5.32 Å². The summed E-state index contributed by atoms with van der Waals surface area (Å²) in [6, 6.07) is 4.03. The summed E-state index contributed by atoms with van der Waals surface area (Å²) in [4.78, 5) is 12.7. The maximum atomic E-state index is 5.68. The topological polar surface area (TPSA) is 49.8 Å². The second kappa shape index (κ2) is 8.36. The van der Waals surface area contributed by atoms with E-state index in [-0.39, 0.29) is 0 Å². The molecule has 1 aromatic heterocycles. The van der Waals surface area contributed by atoms with E-state index in [1.165, 1.54) is 0 Å². The number of nitrogens with one attached hydrogen (secondary N) is 1. The van der Waals surface area contributed by atoms with E-state index >= 15 is 0 Å². The van der Waals surface area contributed by atoms with E-state index in [0.29, 0.717) is 6.61 Å². The lowest BCUT2D eigenvalue weighted by molar-refractivity contribution is 0.123. The number of oxime groups is 1. The molecule has 1 aromatic rings. The monoisotopic (exact) mass is 334 g/mol. The van der Waals surface area contributed by atoms with Crippen LogP contribution in [0.2, 0.25) is 0 Å². The zero-order valence-electron chi connectivity index (χ0n) is 14.2. The molecule has 1 saturated carbocycles. The van der Waals surface area contributed by atoms with Gasteiger partial charge in [-0.05, 0) is 45.0 Å². The van der Waals surface area contributed by atoms with E-state index in [9.17, 15) is 0 Å². The largest absolute Gasteiger partial charge is 0.394 e. The summed E-state index contributed by atoms with van der Waals surface area (Å²) in [5, 5.41) is 7.66. The number of nitrogens with zero attached hydrogens (tertiary/aromatic N) is 3. The summed E-state index contributed by atoms with van der Waals surface area (Å²) in [5.74, 6) is 0. The summed E-state index contributed by atoms with van der Waals surface area (Å²) in [6.45, 7) is 1.42. The predicted molar refractivity (Wildman–Crippen MR) is 98.0 cm³/mol. The molecule has 1 aliphatic carbocycles. The minimum absolute atomic E-state index is 0.394. The second-order valence-corrected chi connectivity index (χ2v) is 6.52. The Morgan fingerprint density at radius 2 is 2.30 bits per heavy atom. The molecule has 1 heterocycles. The van der Waals surface area contributed by atoms with E-state index in [1.54, 1.807) is 6.20 Å². The van der Waals surface area contributed by atoms with Crippen molar-refractivity contribution in [1.29, 1.82) is 0 Å². The molecule has 0 saturated heterocycles. The Hall–Kier alpha value is -1.53. The SMILES string of the molecule is CNC(=S)C1(c2cccnc2)CCCCC1=NOCCN(C)C. The maximum Gasteiger partial charge on any atom is 0.129 e. The van der Waals surface area contributed by atoms with Crippen molar-refractivity contribution >= 4 is 22.9 Å². The Kier molecular flexibility index (Phi) is 6.47. The van der Waals surface area contributed by atoms with Crippen LogP contribution in [0.15, 0.2) is 29.7 Å². The first-order valence-electron chi connectivity index (χ1n) is 8.08. The Bertz CT molecular complexity index is 547. The average molecular weight is 334 g/mol. The minimum atomic E-state index is -0.394. The molecule has 0 bridgehead atoms. The Balaban J connectivity index is 2.32. The smallest absolute Gasteiger partial charge is 0.129 e. The number of hydrogen-bond donors (Lipinski definition) is 1. The highest BCUT2D eigenvalue weighted by molar-refractivity contribution is 7.80. The van der Waals surface area contributed by atoms with Crippen LogP contribution in [0, 0.1) is 0 Å². The van der Waals surface area contributed by atoms with Gasteiger partial charge in [0.25, 0.3) is 0 Å². The number of thiocarbonyl (C=S) groups is 1. The number of likely N-dealkylation sites (N-methyl/N-ethyl adjacent to an activating group) is 2. The second-order valence-electron chi connectivity index (χ2n) is 6.11. The standard InChI is InChI=1S/C17H26N4OS/c1-18-16(23)17(14-7-6-10-19-13-14)9-5-4-8-15(17)20-22-12-11-21(2)3/h6-7,10,13H,4-5,8-9,11-12H2,1-3H3,(H,18,23). The van der Waals surface area contributed by atoms with Crippen molar-refractivity contribution in [2.24, 2.45) is 5.16 Å². The van der Waals surface area contributed by atoms with E-state index in [2.05, 4.69) is 26.4 Å². The van der Waals surface area contributed by atoms with Gasteiger partial charge in [-0.15, -0.1) is 0 Å². The van der Waals surface area contributed by atoms with Gasteiger partial charge in [0, 0.05) is 26.0 Å². The molecule has 0 aliphatic heterocycles. The first-order chi connectivity index (χ1) is 11.1. The molecule has 2 rings (SSSR count). The highest BCUT2D eigenvalue weighted by atomic mass is 32.1. The molecule has 1 fully saturated rings. The van der Waals surface area contributed by atoms with Crippen LogP contribution in [0.4, 0.5) is 0 Å². The van der Waals surface area contributed by atoms with E-state index in [0.717, 1.165) is 48.5 Å². The molecular weight excluding hydrogens is 308 g/mol. The molecule has 6 heteroatoms. The highest BCUT2D eigenvalue weighted by Gasteiger charge is 2.44. The predicted octanol–water partition coefficient (Wildman–Crippen LogP) is 2.37. The van der Waals surface area contributed by atoms with E-state index in [1.807, 2.05) is 33.4 Å². The van der Waals surface area contributed by atoms with Crippen molar-refractivity contribution in [2.45, 2.75) is 31.1 Å². The van der Waals surface area contributed by atoms with Crippen LogP contribution in [-0.2, 0) is 10.3 Å². The maximum absolute atomic E-state index is 5.68. The Morgan fingerprint density at radius 3 is 2.96 bits per heavy atom. The van der Waals surface area contributed by atoms with Gasteiger partial charge < -0.3 is 15.1 Å². The van der Waals surface area contributed by atoms with Crippen LogP contribution in [0.1, 0.15) is 31.2 Å². The van der Waals surface area contributed by atoms with Crippen LogP contribution in [0.3, 0.4) is 0 Å². The molecule has 5 nitrogen and oxygen atoms in total. The molecule has 0 amide bonds. The summed E-state index contributed by atoms with van der Waals surface area (Å²) in [6.07, 6.45) is 7.75. The first kappa shape index (κ1) is 17.8. The fourth-order valence-electron chi connectivity index (χ4n) is 3.03. The van der Waals surface area contributed by atoms with Crippen LogP contribution in [-0.4, -0.2) is 54.9 Å². The van der Waals surface area contributed by atoms with Crippen molar-refractivity contribution in [3.63, 3.8) is 0 Å². The molecule has 1 aliphatic rings. The van der Waals surface area contributed by atoms with Gasteiger partial charge in [0.2, 0.25) is 0 Å². The first-order valence-corrected chi connectivity index (χ1v) is 8.49. The highest BCUT2D eigenvalue weighted by Crippen LogP contribution is 2.38. The van der Waals surface area contributed by atoms with Gasteiger partial charge in [-0.1, -0.05) is 29.9 Å². The fraction of sp³-hybridized carbons (Fsp3) is 0.588. The molecule has 0 aromatic carbocycles. The van der Waals surface area contributed by atoms with Crippen molar-refractivity contribution < 1.29 is 4.84 Å². The zero-order chi connectivity index (χ0) is 16.7. The minimum Gasteiger partial charge on any atom is -0.394 e. The average Bonchev–Trinajstić information content (AvgIpc) is 2.59. The molecule has 0 spiro atoms.